The Morgan fingerprint density at radius 3 is 2.64 bits per heavy atom. The summed E-state index contributed by atoms with van der Waals surface area (Å²) in [4.78, 5) is 11.5. The molecule has 4 aliphatic rings. The van der Waals surface area contributed by atoms with E-state index in [-0.39, 0.29) is 11.3 Å². The van der Waals surface area contributed by atoms with E-state index < -0.39 is 5.60 Å². The molecule has 25 heavy (non-hydrogen) atoms. The van der Waals surface area contributed by atoms with Crippen molar-refractivity contribution in [2.75, 3.05) is 6.54 Å². The van der Waals surface area contributed by atoms with Crippen molar-refractivity contribution in [3.63, 3.8) is 0 Å². The first kappa shape index (κ1) is 17.6. The molecule has 3 nitrogen and oxygen atoms in total. The van der Waals surface area contributed by atoms with Crippen molar-refractivity contribution in [1.29, 1.82) is 0 Å². The summed E-state index contributed by atoms with van der Waals surface area (Å²) < 4.78 is 0. The highest BCUT2D eigenvalue weighted by atomic mass is 16.3. The van der Waals surface area contributed by atoms with E-state index in [9.17, 15) is 9.90 Å². The molecule has 4 aliphatic carbocycles. The van der Waals surface area contributed by atoms with Gasteiger partial charge in [-0.05, 0) is 85.0 Å². The lowest BCUT2D eigenvalue weighted by molar-refractivity contribution is -0.163. The van der Waals surface area contributed by atoms with E-state index in [1.807, 2.05) is 0 Å². The molecule has 0 aromatic carbocycles. The van der Waals surface area contributed by atoms with Gasteiger partial charge in [-0.1, -0.05) is 26.8 Å². The molecule has 2 unspecified atom stereocenters. The number of fused-ring (bicyclic) bond motifs is 3. The largest absolute Gasteiger partial charge is 0.386 e. The van der Waals surface area contributed by atoms with Crippen LogP contribution in [0.5, 0.6) is 0 Å². The fraction of sp³-hybridized carbons (Fsp3) is 0.864. The number of hydrogen-bond acceptors (Lipinski definition) is 2. The quantitative estimate of drug-likeness (QED) is 0.737. The van der Waals surface area contributed by atoms with Crippen LogP contribution in [0.25, 0.3) is 0 Å². The highest BCUT2D eigenvalue weighted by Crippen LogP contribution is 2.72. The second-order valence-corrected chi connectivity index (χ2v) is 10.5. The van der Waals surface area contributed by atoms with Crippen molar-refractivity contribution < 1.29 is 9.90 Å². The van der Waals surface area contributed by atoms with Crippen molar-refractivity contribution in [3.05, 3.63) is 12.2 Å². The Bertz CT molecular complexity index is 615. The molecule has 2 bridgehead atoms. The third kappa shape index (κ3) is 2.37. The van der Waals surface area contributed by atoms with Crippen LogP contribution in [0.15, 0.2) is 12.2 Å². The number of carbonyl (C=O) groups excluding carboxylic acids is 1. The van der Waals surface area contributed by atoms with Crippen molar-refractivity contribution in [2.24, 2.45) is 28.1 Å². The number of hydrogen-bond donors (Lipinski definition) is 2. The summed E-state index contributed by atoms with van der Waals surface area (Å²) in [6.45, 7) is 11.7. The molecule has 6 atom stereocenters. The average molecular weight is 346 g/mol. The molecular formula is C22H35NO2. The van der Waals surface area contributed by atoms with E-state index in [0.717, 1.165) is 37.8 Å². The van der Waals surface area contributed by atoms with Crippen LogP contribution in [0, 0.1) is 28.1 Å². The second kappa shape index (κ2) is 5.34. The minimum Gasteiger partial charge on any atom is -0.386 e. The maximum atomic E-state index is 11.5. The number of amides is 1. The Kier molecular flexibility index (Phi) is 3.76. The molecular weight excluding hydrogens is 310 g/mol. The van der Waals surface area contributed by atoms with Gasteiger partial charge in [-0.2, -0.15) is 0 Å². The fourth-order valence-electron chi connectivity index (χ4n) is 8.02. The number of rotatable bonds is 2. The summed E-state index contributed by atoms with van der Waals surface area (Å²) in [6.07, 6.45) is 10.3. The van der Waals surface area contributed by atoms with Gasteiger partial charge in [0.2, 0.25) is 5.91 Å². The summed E-state index contributed by atoms with van der Waals surface area (Å²) in [6, 6.07) is 0. The van der Waals surface area contributed by atoms with Crippen LogP contribution in [-0.4, -0.2) is 23.2 Å². The summed E-state index contributed by atoms with van der Waals surface area (Å²) >= 11 is 0. The summed E-state index contributed by atoms with van der Waals surface area (Å²) in [5.41, 5.74) is 1.38. The van der Waals surface area contributed by atoms with E-state index in [4.69, 9.17) is 0 Å². The maximum Gasteiger partial charge on any atom is 0.216 e. The molecule has 0 aliphatic heterocycles. The first-order valence-corrected chi connectivity index (χ1v) is 10.3. The van der Waals surface area contributed by atoms with Crippen LogP contribution in [0.1, 0.15) is 78.6 Å². The van der Waals surface area contributed by atoms with E-state index >= 15 is 0 Å². The van der Waals surface area contributed by atoms with Gasteiger partial charge >= 0.3 is 0 Å². The Balaban J connectivity index is 1.66. The predicted molar refractivity (Wildman–Crippen MR) is 100.0 cm³/mol. The van der Waals surface area contributed by atoms with E-state index in [0.29, 0.717) is 22.7 Å². The second-order valence-electron chi connectivity index (χ2n) is 10.5. The van der Waals surface area contributed by atoms with Crippen LogP contribution >= 0.6 is 0 Å². The van der Waals surface area contributed by atoms with Crippen LogP contribution in [-0.2, 0) is 4.79 Å². The zero-order valence-electron chi connectivity index (χ0n) is 16.3. The van der Waals surface area contributed by atoms with Gasteiger partial charge < -0.3 is 10.4 Å². The van der Waals surface area contributed by atoms with E-state index in [1.165, 1.54) is 32.1 Å². The summed E-state index contributed by atoms with van der Waals surface area (Å²) in [5, 5.41) is 14.1. The molecule has 0 aromatic heterocycles. The molecule has 4 saturated carbocycles. The highest BCUT2D eigenvalue weighted by Gasteiger charge is 2.66. The van der Waals surface area contributed by atoms with Crippen molar-refractivity contribution in [1.82, 2.24) is 5.32 Å². The number of nitrogens with one attached hydrogen (secondary N) is 1. The average Bonchev–Trinajstić information content (AvgIpc) is 2.70. The molecule has 3 heteroatoms. The summed E-state index contributed by atoms with van der Waals surface area (Å²) in [7, 11) is 0. The van der Waals surface area contributed by atoms with Gasteiger partial charge in [-0.3, -0.25) is 4.79 Å². The minimum atomic E-state index is -0.576. The molecule has 4 rings (SSSR count). The smallest absolute Gasteiger partial charge is 0.216 e. The molecule has 1 amide bonds. The van der Waals surface area contributed by atoms with Crippen LogP contribution in [0.3, 0.4) is 0 Å². The first-order chi connectivity index (χ1) is 11.6. The first-order valence-electron chi connectivity index (χ1n) is 10.3. The highest BCUT2D eigenvalue weighted by molar-refractivity contribution is 5.72. The Morgan fingerprint density at radius 1 is 1.20 bits per heavy atom. The number of aliphatic hydroxyl groups is 1. The van der Waals surface area contributed by atoms with E-state index in [2.05, 4.69) is 25.7 Å². The maximum absolute atomic E-state index is 11.5. The van der Waals surface area contributed by atoms with Crippen LogP contribution < -0.4 is 5.32 Å². The van der Waals surface area contributed by atoms with Gasteiger partial charge in [0.1, 0.15) is 0 Å². The zero-order valence-corrected chi connectivity index (χ0v) is 16.3. The van der Waals surface area contributed by atoms with Gasteiger partial charge in [0.15, 0.2) is 0 Å². The zero-order chi connectivity index (χ0) is 18.1. The lowest BCUT2D eigenvalue weighted by Gasteiger charge is -2.64. The molecule has 0 aromatic rings. The van der Waals surface area contributed by atoms with Crippen molar-refractivity contribution in [2.45, 2.75) is 84.2 Å². The monoisotopic (exact) mass is 345 g/mol. The Morgan fingerprint density at radius 2 is 1.92 bits per heavy atom. The van der Waals surface area contributed by atoms with E-state index in [1.54, 1.807) is 6.92 Å². The van der Waals surface area contributed by atoms with Crippen LogP contribution in [0.2, 0.25) is 0 Å². The third-order valence-corrected chi connectivity index (χ3v) is 9.02. The van der Waals surface area contributed by atoms with Gasteiger partial charge in [0, 0.05) is 13.5 Å². The lowest BCUT2D eigenvalue weighted by atomic mass is 9.41. The van der Waals surface area contributed by atoms with Gasteiger partial charge in [-0.25, -0.2) is 0 Å². The van der Waals surface area contributed by atoms with Crippen molar-refractivity contribution >= 4 is 5.91 Å². The fourth-order valence-corrected chi connectivity index (χ4v) is 8.02. The SMILES string of the molecule is C=C1C[C@@]23CCC4[C@](C)(CNC(C)=O)CCC[C@@]4(C)C2CC[C@]1(O)C3. The topological polar surface area (TPSA) is 49.3 Å². The Hall–Kier alpha value is -0.830. The van der Waals surface area contributed by atoms with Gasteiger partial charge in [-0.15, -0.1) is 0 Å². The molecule has 0 radical (unpaired) electrons. The summed E-state index contributed by atoms with van der Waals surface area (Å²) in [5.74, 6) is 1.47. The van der Waals surface area contributed by atoms with Crippen LogP contribution in [0.4, 0.5) is 0 Å². The third-order valence-electron chi connectivity index (χ3n) is 9.02. The molecule has 140 valence electrons. The molecule has 4 fully saturated rings. The lowest BCUT2D eigenvalue weighted by Crippen LogP contribution is -2.59. The van der Waals surface area contributed by atoms with Gasteiger partial charge in [0.05, 0.1) is 5.60 Å². The molecule has 0 saturated heterocycles. The molecule has 0 heterocycles. The molecule has 1 spiro atoms. The molecule has 2 N–H and O–H groups in total. The van der Waals surface area contributed by atoms with Crippen molar-refractivity contribution in [3.8, 4) is 0 Å². The minimum absolute atomic E-state index is 0.0932. The Labute approximate surface area is 152 Å². The normalized spacial score (nSPS) is 51.6. The number of carbonyl (C=O) groups is 1. The standard InChI is InChI=1S/C22H35NO2/c1-15-12-21-10-6-17-19(3,14-23-16(2)24)8-5-9-20(17,4)18(21)7-11-22(15,25)13-21/h17-18,25H,1,5-14H2,2-4H3,(H,23,24)/t17?,18?,19-,20+,21+,22-/m0/s1. The predicted octanol–water partition coefficient (Wildman–Crippen LogP) is 4.21. The van der Waals surface area contributed by atoms with Gasteiger partial charge in [0.25, 0.3) is 0 Å².